The quantitative estimate of drug-likeness (QED) is 0.286. The summed E-state index contributed by atoms with van der Waals surface area (Å²) in [6.45, 7) is 7.02. The van der Waals surface area contributed by atoms with Crippen molar-refractivity contribution in [3.63, 3.8) is 0 Å². The molecule has 0 aliphatic rings. The fraction of sp³-hybridized carbons (Fsp3) is 0.682. The Morgan fingerprint density at radius 1 is 1.22 bits per heavy atom. The van der Waals surface area contributed by atoms with E-state index in [9.17, 15) is 15.0 Å². The number of carbonyl (C=O) groups is 1. The molecule has 154 valence electrons. The second-order valence-corrected chi connectivity index (χ2v) is 7.95. The van der Waals surface area contributed by atoms with E-state index < -0.39 is 6.10 Å². The average Bonchev–Trinajstić information content (AvgIpc) is 2.65. The first-order valence-electron chi connectivity index (χ1n) is 10.1. The van der Waals surface area contributed by atoms with Gasteiger partial charge in [0, 0.05) is 0 Å². The van der Waals surface area contributed by atoms with E-state index in [-0.39, 0.29) is 5.41 Å². The van der Waals surface area contributed by atoms with E-state index in [0.29, 0.717) is 38.0 Å². The van der Waals surface area contributed by atoms with Gasteiger partial charge in [0.25, 0.3) is 0 Å². The number of aromatic hydroxyl groups is 1. The molecule has 0 fully saturated rings. The molecular formula is C22H37NO4. The number of aryl methyl sites for hydroxylation is 1. The number of hydrogen-bond acceptors (Lipinski definition) is 4. The molecular weight excluding hydrogens is 342 g/mol. The van der Waals surface area contributed by atoms with Crippen LogP contribution in [0.2, 0.25) is 0 Å². The Hall–Kier alpha value is -1.59. The molecule has 1 atom stereocenters. The lowest BCUT2D eigenvalue weighted by atomic mass is 9.79. The van der Waals surface area contributed by atoms with Crippen LogP contribution in [0.25, 0.3) is 0 Å². The Balaban J connectivity index is 2.55. The van der Waals surface area contributed by atoms with Gasteiger partial charge >= 0.3 is 0 Å². The molecule has 0 saturated heterocycles. The van der Waals surface area contributed by atoms with Crippen LogP contribution < -0.4 is 0 Å². The van der Waals surface area contributed by atoms with Crippen LogP contribution >= 0.6 is 0 Å². The van der Waals surface area contributed by atoms with Crippen LogP contribution in [0.3, 0.4) is 0 Å². The standard InChI is InChI=1S/C22H37NO4/c1-5-6-7-8-14-22(2,3)19-11-9-18(21(26)16-19)10-12-20(25)13-15-23(17-24)27-4/h9,11,16-17,20,25-26H,5-8,10,12-15H2,1-4H3. The van der Waals surface area contributed by atoms with E-state index in [1.54, 1.807) is 0 Å². The van der Waals surface area contributed by atoms with Crippen LogP contribution in [0.15, 0.2) is 18.2 Å². The van der Waals surface area contributed by atoms with E-state index in [0.717, 1.165) is 22.6 Å². The molecule has 0 heterocycles. The zero-order valence-electron chi connectivity index (χ0n) is 17.4. The molecule has 1 rings (SSSR count). The Morgan fingerprint density at radius 2 is 1.96 bits per heavy atom. The highest BCUT2D eigenvalue weighted by molar-refractivity contribution is 5.44. The molecule has 0 saturated carbocycles. The lowest BCUT2D eigenvalue weighted by Crippen LogP contribution is -2.25. The third-order valence-corrected chi connectivity index (χ3v) is 5.30. The summed E-state index contributed by atoms with van der Waals surface area (Å²) in [6.07, 6.45) is 7.70. The first-order chi connectivity index (χ1) is 12.8. The summed E-state index contributed by atoms with van der Waals surface area (Å²) >= 11 is 0. The molecule has 0 aliphatic heterocycles. The van der Waals surface area contributed by atoms with Gasteiger partial charge in [-0.25, -0.2) is 5.06 Å². The molecule has 0 bridgehead atoms. The molecule has 1 aromatic rings. The van der Waals surface area contributed by atoms with Gasteiger partial charge in [-0.3, -0.25) is 9.63 Å². The SMILES string of the molecule is CCCCCCC(C)(C)c1ccc(CCC(O)CCN(C=O)OC)c(O)c1. The molecule has 1 aromatic carbocycles. The number of unbranched alkanes of at least 4 members (excludes halogenated alkanes) is 3. The predicted octanol–water partition coefficient (Wildman–Crippen LogP) is 4.34. The smallest absolute Gasteiger partial charge is 0.233 e. The van der Waals surface area contributed by atoms with Crippen molar-refractivity contribution in [2.24, 2.45) is 0 Å². The molecule has 5 nitrogen and oxygen atoms in total. The summed E-state index contributed by atoms with van der Waals surface area (Å²) in [5.41, 5.74) is 2.04. The van der Waals surface area contributed by atoms with Gasteiger partial charge in [-0.15, -0.1) is 0 Å². The summed E-state index contributed by atoms with van der Waals surface area (Å²) in [5, 5.41) is 21.7. The lowest BCUT2D eigenvalue weighted by Gasteiger charge is -2.26. The Morgan fingerprint density at radius 3 is 2.56 bits per heavy atom. The van der Waals surface area contributed by atoms with Crippen molar-refractivity contribution >= 4 is 6.41 Å². The van der Waals surface area contributed by atoms with Crippen molar-refractivity contribution in [3.8, 4) is 5.75 Å². The number of nitrogens with zero attached hydrogens (tertiary/aromatic N) is 1. The molecule has 2 N–H and O–H groups in total. The first-order valence-corrected chi connectivity index (χ1v) is 10.1. The van der Waals surface area contributed by atoms with Crippen molar-refractivity contribution in [3.05, 3.63) is 29.3 Å². The van der Waals surface area contributed by atoms with Crippen molar-refractivity contribution in [1.82, 2.24) is 5.06 Å². The zero-order chi connectivity index (χ0) is 20.3. The third-order valence-electron chi connectivity index (χ3n) is 5.30. The Labute approximate surface area is 164 Å². The summed E-state index contributed by atoms with van der Waals surface area (Å²) in [7, 11) is 1.42. The van der Waals surface area contributed by atoms with Crippen LogP contribution in [-0.2, 0) is 21.5 Å². The van der Waals surface area contributed by atoms with Crippen LogP contribution in [0.5, 0.6) is 5.75 Å². The number of benzene rings is 1. The van der Waals surface area contributed by atoms with Crippen LogP contribution in [0.1, 0.15) is 76.8 Å². The first kappa shape index (κ1) is 23.4. The Kier molecular flexibility index (Phi) is 10.4. The minimum Gasteiger partial charge on any atom is -0.508 e. The van der Waals surface area contributed by atoms with E-state index in [4.69, 9.17) is 4.84 Å². The summed E-state index contributed by atoms with van der Waals surface area (Å²) in [6, 6.07) is 5.94. The molecule has 0 radical (unpaired) electrons. The van der Waals surface area contributed by atoms with Gasteiger partial charge in [-0.2, -0.15) is 0 Å². The molecule has 0 spiro atoms. The number of hydrogen-bond donors (Lipinski definition) is 2. The minimum atomic E-state index is -0.545. The van der Waals surface area contributed by atoms with Crippen molar-refractivity contribution in [2.75, 3.05) is 13.7 Å². The number of amides is 1. The number of aliphatic hydroxyl groups is 1. The highest BCUT2D eigenvalue weighted by atomic mass is 16.7. The Bertz CT molecular complexity index is 559. The van der Waals surface area contributed by atoms with Crippen molar-refractivity contribution in [2.45, 2.75) is 83.7 Å². The maximum Gasteiger partial charge on any atom is 0.233 e. The number of carbonyl (C=O) groups excluding carboxylic acids is 1. The number of phenols is 1. The monoisotopic (exact) mass is 379 g/mol. The highest BCUT2D eigenvalue weighted by Gasteiger charge is 2.21. The topological polar surface area (TPSA) is 70.0 Å². The summed E-state index contributed by atoms with van der Waals surface area (Å²) in [5.74, 6) is 0.299. The van der Waals surface area contributed by atoms with E-state index in [2.05, 4.69) is 26.8 Å². The maximum absolute atomic E-state index is 10.7. The molecule has 27 heavy (non-hydrogen) atoms. The van der Waals surface area contributed by atoms with E-state index in [1.165, 1.54) is 32.8 Å². The second kappa shape index (κ2) is 12.0. The normalized spacial score (nSPS) is 12.8. The van der Waals surface area contributed by atoms with Gasteiger partial charge < -0.3 is 10.2 Å². The number of aliphatic hydroxyl groups excluding tert-OH is 1. The van der Waals surface area contributed by atoms with Crippen molar-refractivity contribution in [1.29, 1.82) is 0 Å². The summed E-state index contributed by atoms with van der Waals surface area (Å²) in [4.78, 5) is 15.5. The van der Waals surface area contributed by atoms with Gasteiger partial charge in [-0.05, 0) is 48.3 Å². The molecule has 1 unspecified atom stereocenters. The van der Waals surface area contributed by atoms with Crippen LogP contribution in [-0.4, -0.2) is 41.4 Å². The molecule has 5 heteroatoms. The fourth-order valence-electron chi connectivity index (χ4n) is 3.26. The molecule has 0 aromatic heterocycles. The fourth-order valence-corrected chi connectivity index (χ4v) is 3.26. The molecule has 1 amide bonds. The largest absolute Gasteiger partial charge is 0.508 e. The minimum absolute atomic E-state index is 0.0434. The van der Waals surface area contributed by atoms with Gasteiger partial charge in [-0.1, -0.05) is 58.6 Å². The second-order valence-electron chi connectivity index (χ2n) is 7.95. The molecule has 0 aliphatic carbocycles. The number of rotatable bonds is 14. The number of phenolic OH excluding ortho intramolecular Hbond substituents is 1. The van der Waals surface area contributed by atoms with E-state index >= 15 is 0 Å². The summed E-state index contributed by atoms with van der Waals surface area (Å²) < 4.78 is 0. The van der Waals surface area contributed by atoms with Crippen molar-refractivity contribution < 1.29 is 19.8 Å². The maximum atomic E-state index is 10.7. The predicted molar refractivity (Wildman–Crippen MR) is 109 cm³/mol. The van der Waals surface area contributed by atoms with Gasteiger partial charge in [0.05, 0.1) is 19.8 Å². The zero-order valence-corrected chi connectivity index (χ0v) is 17.4. The average molecular weight is 380 g/mol. The van der Waals surface area contributed by atoms with Gasteiger partial charge in [0.15, 0.2) is 0 Å². The van der Waals surface area contributed by atoms with Crippen LogP contribution in [0.4, 0.5) is 0 Å². The van der Waals surface area contributed by atoms with Crippen LogP contribution in [0, 0.1) is 0 Å². The third kappa shape index (κ3) is 8.31. The van der Waals surface area contributed by atoms with Gasteiger partial charge in [0.2, 0.25) is 6.41 Å². The van der Waals surface area contributed by atoms with Gasteiger partial charge in [0.1, 0.15) is 5.75 Å². The number of hydroxylamine groups is 2. The van der Waals surface area contributed by atoms with E-state index in [1.807, 2.05) is 12.1 Å². The lowest BCUT2D eigenvalue weighted by molar-refractivity contribution is -0.162. The highest BCUT2D eigenvalue weighted by Crippen LogP contribution is 2.33.